The van der Waals surface area contributed by atoms with Crippen LogP contribution in [0.25, 0.3) is 0 Å². The molecule has 2 amide bonds. The molecule has 0 bridgehead atoms. The predicted molar refractivity (Wildman–Crippen MR) is 98.7 cm³/mol. The molecule has 7 heteroatoms. The summed E-state index contributed by atoms with van der Waals surface area (Å²) in [5.74, 6) is -0.285. The van der Waals surface area contributed by atoms with Gasteiger partial charge >= 0.3 is 0 Å². The number of amides is 2. The summed E-state index contributed by atoms with van der Waals surface area (Å²) in [6.45, 7) is 1.90. The Morgan fingerprint density at radius 3 is 2.67 bits per heavy atom. The van der Waals surface area contributed by atoms with Gasteiger partial charge in [0.05, 0.1) is 22.5 Å². The second kappa shape index (κ2) is 9.06. The number of rotatable bonds is 7. The third-order valence-electron chi connectivity index (χ3n) is 3.40. The Morgan fingerprint density at radius 2 is 2.00 bits per heavy atom. The fourth-order valence-corrected chi connectivity index (χ4v) is 3.49. The monoisotopic (exact) mass is 384 g/mol. The van der Waals surface area contributed by atoms with Crippen molar-refractivity contribution in [1.29, 1.82) is 0 Å². The minimum atomic E-state index is -0.308. The van der Waals surface area contributed by atoms with Gasteiger partial charge in [-0.05, 0) is 29.5 Å². The van der Waals surface area contributed by atoms with Crippen molar-refractivity contribution < 1.29 is 9.59 Å². The van der Waals surface area contributed by atoms with E-state index in [9.17, 15) is 9.59 Å². The van der Waals surface area contributed by atoms with E-state index in [1.54, 1.807) is 6.07 Å². The standard InChI is InChI=1S/C17H18Cl2N2O2S/c1-11(22)21-14(15-6-3-9-24-15)10-16(23)20-8-7-12-4-2-5-13(18)17(12)19/h2-6,9,14H,7-8,10H2,1H3,(H,20,23)(H,21,22). The van der Waals surface area contributed by atoms with E-state index in [0.717, 1.165) is 10.4 Å². The predicted octanol–water partition coefficient (Wildman–Crippen LogP) is 3.98. The molecule has 0 spiro atoms. The van der Waals surface area contributed by atoms with E-state index >= 15 is 0 Å². The van der Waals surface area contributed by atoms with Crippen LogP contribution < -0.4 is 10.6 Å². The number of halogens is 2. The van der Waals surface area contributed by atoms with Crippen LogP contribution in [0.4, 0.5) is 0 Å². The summed E-state index contributed by atoms with van der Waals surface area (Å²) >= 11 is 13.6. The normalized spacial score (nSPS) is 11.8. The molecule has 0 fully saturated rings. The summed E-state index contributed by atoms with van der Waals surface area (Å²) in [7, 11) is 0. The van der Waals surface area contributed by atoms with E-state index in [1.807, 2.05) is 29.6 Å². The number of hydrogen-bond acceptors (Lipinski definition) is 3. The molecule has 2 rings (SSSR count). The van der Waals surface area contributed by atoms with Crippen LogP contribution in [-0.4, -0.2) is 18.4 Å². The summed E-state index contributed by atoms with van der Waals surface area (Å²) < 4.78 is 0. The van der Waals surface area contributed by atoms with Crippen molar-refractivity contribution in [1.82, 2.24) is 10.6 Å². The van der Waals surface area contributed by atoms with E-state index in [4.69, 9.17) is 23.2 Å². The zero-order valence-electron chi connectivity index (χ0n) is 13.1. The number of carbonyl (C=O) groups excluding carboxylic acids is 2. The molecule has 4 nitrogen and oxygen atoms in total. The third-order valence-corrected chi connectivity index (χ3v) is 5.25. The summed E-state index contributed by atoms with van der Waals surface area (Å²) in [5.41, 5.74) is 0.890. The van der Waals surface area contributed by atoms with Gasteiger partial charge in [-0.1, -0.05) is 41.4 Å². The third kappa shape index (κ3) is 5.51. The lowest BCUT2D eigenvalue weighted by Gasteiger charge is -2.16. The van der Waals surface area contributed by atoms with Crippen molar-refractivity contribution in [3.63, 3.8) is 0 Å². The SMILES string of the molecule is CC(=O)NC(CC(=O)NCCc1cccc(Cl)c1Cl)c1cccs1. The van der Waals surface area contributed by atoms with Crippen LogP contribution in [0.1, 0.15) is 29.8 Å². The zero-order chi connectivity index (χ0) is 17.5. The second-order valence-corrected chi connectivity index (χ2v) is 7.05. The highest BCUT2D eigenvalue weighted by molar-refractivity contribution is 7.10. The molecule has 0 aliphatic heterocycles. The van der Waals surface area contributed by atoms with Crippen molar-refractivity contribution >= 4 is 46.4 Å². The van der Waals surface area contributed by atoms with Crippen LogP contribution in [0.5, 0.6) is 0 Å². The molecule has 1 aromatic heterocycles. The number of benzene rings is 1. The van der Waals surface area contributed by atoms with Gasteiger partial charge in [-0.3, -0.25) is 9.59 Å². The molecule has 0 aliphatic rings. The van der Waals surface area contributed by atoms with Crippen LogP contribution in [0, 0.1) is 0 Å². The van der Waals surface area contributed by atoms with E-state index in [0.29, 0.717) is 23.0 Å². The Bertz CT molecular complexity index is 705. The first-order valence-corrected chi connectivity index (χ1v) is 9.11. The first kappa shape index (κ1) is 18.8. The summed E-state index contributed by atoms with van der Waals surface area (Å²) in [6.07, 6.45) is 0.790. The fourth-order valence-electron chi connectivity index (χ4n) is 2.29. The first-order chi connectivity index (χ1) is 11.5. The molecule has 2 N–H and O–H groups in total. The van der Waals surface area contributed by atoms with E-state index in [1.165, 1.54) is 18.3 Å². The van der Waals surface area contributed by atoms with Gasteiger partial charge in [-0.25, -0.2) is 0 Å². The topological polar surface area (TPSA) is 58.2 Å². The number of hydrogen-bond donors (Lipinski definition) is 2. The molecular weight excluding hydrogens is 367 g/mol. The smallest absolute Gasteiger partial charge is 0.222 e. The molecule has 0 aliphatic carbocycles. The van der Waals surface area contributed by atoms with Crippen molar-refractivity contribution in [3.05, 3.63) is 56.2 Å². The van der Waals surface area contributed by atoms with Gasteiger partial charge in [0.25, 0.3) is 0 Å². The molecule has 1 atom stereocenters. The van der Waals surface area contributed by atoms with Gasteiger partial charge < -0.3 is 10.6 Å². The van der Waals surface area contributed by atoms with Gasteiger partial charge in [0.1, 0.15) is 0 Å². The van der Waals surface area contributed by atoms with Crippen LogP contribution in [0.3, 0.4) is 0 Å². The molecule has 0 saturated carbocycles. The Balaban J connectivity index is 1.87. The Hall–Kier alpha value is -1.56. The summed E-state index contributed by atoms with van der Waals surface area (Å²) in [5, 5.41) is 8.61. The first-order valence-electron chi connectivity index (χ1n) is 7.47. The average molecular weight is 385 g/mol. The van der Waals surface area contributed by atoms with Crippen molar-refractivity contribution in [2.45, 2.75) is 25.8 Å². The minimum Gasteiger partial charge on any atom is -0.356 e. The molecule has 0 saturated heterocycles. The zero-order valence-corrected chi connectivity index (χ0v) is 15.5. The molecule has 1 unspecified atom stereocenters. The number of nitrogens with one attached hydrogen (secondary N) is 2. The maximum Gasteiger partial charge on any atom is 0.222 e. The summed E-state index contributed by atoms with van der Waals surface area (Å²) in [6, 6.07) is 8.93. The lowest BCUT2D eigenvalue weighted by Crippen LogP contribution is -2.33. The lowest BCUT2D eigenvalue weighted by atomic mass is 10.1. The van der Waals surface area contributed by atoms with E-state index < -0.39 is 0 Å². The van der Waals surface area contributed by atoms with Gasteiger partial charge in [0.15, 0.2) is 0 Å². The maximum absolute atomic E-state index is 12.2. The highest BCUT2D eigenvalue weighted by Crippen LogP contribution is 2.25. The molecule has 128 valence electrons. The highest BCUT2D eigenvalue weighted by atomic mass is 35.5. The van der Waals surface area contributed by atoms with Crippen molar-refractivity contribution in [2.24, 2.45) is 0 Å². The molecule has 1 aromatic carbocycles. The molecule has 1 heterocycles. The van der Waals surface area contributed by atoms with Gasteiger partial charge in [-0.2, -0.15) is 0 Å². The second-order valence-electron chi connectivity index (χ2n) is 5.29. The Kier molecular flexibility index (Phi) is 7.09. The highest BCUT2D eigenvalue weighted by Gasteiger charge is 2.17. The minimum absolute atomic E-state index is 0.125. The van der Waals surface area contributed by atoms with Crippen LogP contribution in [0.2, 0.25) is 10.0 Å². The van der Waals surface area contributed by atoms with Crippen LogP contribution in [-0.2, 0) is 16.0 Å². The van der Waals surface area contributed by atoms with E-state index in [2.05, 4.69) is 10.6 Å². The maximum atomic E-state index is 12.2. The fraction of sp³-hybridized carbons (Fsp3) is 0.294. The number of thiophene rings is 1. The number of carbonyl (C=O) groups is 2. The van der Waals surface area contributed by atoms with Crippen molar-refractivity contribution in [3.8, 4) is 0 Å². The van der Waals surface area contributed by atoms with Gasteiger partial charge in [0.2, 0.25) is 11.8 Å². The van der Waals surface area contributed by atoms with Crippen LogP contribution in [0.15, 0.2) is 35.7 Å². The lowest BCUT2D eigenvalue weighted by molar-refractivity contribution is -0.122. The molecule has 2 aromatic rings. The quantitative estimate of drug-likeness (QED) is 0.758. The van der Waals surface area contributed by atoms with Gasteiger partial charge in [0, 0.05) is 18.3 Å². The van der Waals surface area contributed by atoms with Crippen LogP contribution >= 0.6 is 34.5 Å². The largest absolute Gasteiger partial charge is 0.356 e. The Morgan fingerprint density at radius 1 is 1.21 bits per heavy atom. The van der Waals surface area contributed by atoms with Gasteiger partial charge in [-0.15, -0.1) is 11.3 Å². The van der Waals surface area contributed by atoms with E-state index in [-0.39, 0.29) is 24.3 Å². The molecule has 0 radical (unpaired) electrons. The summed E-state index contributed by atoms with van der Waals surface area (Å²) in [4.78, 5) is 24.4. The molecule has 24 heavy (non-hydrogen) atoms. The average Bonchev–Trinajstić information content (AvgIpc) is 3.05. The van der Waals surface area contributed by atoms with Crippen molar-refractivity contribution in [2.75, 3.05) is 6.54 Å². The molecular formula is C17H18Cl2N2O2S. The Labute approximate surface area is 155 Å².